The summed E-state index contributed by atoms with van der Waals surface area (Å²) in [5.41, 5.74) is 3.02. The van der Waals surface area contributed by atoms with Crippen molar-refractivity contribution in [3.05, 3.63) is 119 Å². The maximum Gasteiger partial charge on any atom is 0.188 e. The monoisotopic (exact) mass is 514 g/mol. The molecular formula is C31H30O7. The fourth-order valence-electron chi connectivity index (χ4n) is 3.73. The number of hydrogen-bond acceptors (Lipinski definition) is 7. The number of methoxy groups -OCH3 is 1. The predicted octanol–water partition coefficient (Wildman–Crippen LogP) is 5.64. The van der Waals surface area contributed by atoms with Crippen LogP contribution in [0.25, 0.3) is 0 Å². The summed E-state index contributed by atoms with van der Waals surface area (Å²) >= 11 is 0. The lowest BCUT2D eigenvalue weighted by molar-refractivity contribution is -0.114. The van der Waals surface area contributed by atoms with Gasteiger partial charge in [0.15, 0.2) is 19.2 Å². The Morgan fingerprint density at radius 2 is 1.34 bits per heavy atom. The minimum absolute atomic E-state index is 0.0702. The Morgan fingerprint density at radius 1 is 0.737 bits per heavy atom. The fourth-order valence-corrected chi connectivity index (χ4v) is 3.73. The minimum atomic E-state index is -1.01. The highest BCUT2D eigenvalue weighted by molar-refractivity contribution is 5.64. The van der Waals surface area contributed by atoms with Crippen LogP contribution in [0.3, 0.4) is 0 Å². The molecule has 196 valence electrons. The third kappa shape index (κ3) is 7.35. The third-order valence-corrected chi connectivity index (χ3v) is 5.71. The summed E-state index contributed by atoms with van der Waals surface area (Å²) in [5, 5.41) is 9.89. The molecule has 38 heavy (non-hydrogen) atoms. The van der Waals surface area contributed by atoms with Gasteiger partial charge in [0.1, 0.15) is 36.2 Å². The molecule has 0 radical (unpaired) electrons. The summed E-state index contributed by atoms with van der Waals surface area (Å²) in [6.07, 6.45) is -0.314. The minimum Gasteiger partial charge on any atom is -0.489 e. The zero-order valence-corrected chi connectivity index (χ0v) is 21.1. The quantitative estimate of drug-likeness (QED) is 0.172. The van der Waals surface area contributed by atoms with Crippen LogP contribution in [0, 0.1) is 0 Å². The number of rotatable bonds is 14. The Hall–Kier alpha value is -4.33. The highest BCUT2D eigenvalue weighted by Crippen LogP contribution is 2.35. The molecule has 7 nitrogen and oxygen atoms in total. The van der Waals surface area contributed by atoms with E-state index < -0.39 is 6.10 Å². The highest BCUT2D eigenvalue weighted by atomic mass is 16.7. The largest absolute Gasteiger partial charge is 0.489 e. The molecule has 7 heteroatoms. The molecule has 0 aliphatic heterocycles. The van der Waals surface area contributed by atoms with Crippen molar-refractivity contribution < 1.29 is 33.6 Å². The molecule has 0 aliphatic carbocycles. The number of benzene rings is 4. The molecule has 1 atom stereocenters. The number of aldehydes is 1. The molecule has 1 N–H and O–H groups in total. The van der Waals surface area contributed by atoms with Crippen LogP contribution in [0.5, 0.6) is 23.0 Å². The van der Waals surface area contributed by atoms with Gasteiger partial charge in [-0.1, -0.05) is 60.7 Å². The van der Waals surface area contributed by atoms with Gasteiger partial charge in [0.25, 0.3) is 0 Å². The van der Waals surface area contributed by atoms with Gasteiger partial charge in [-0.05, 0) is 35.4 Å². The van der Waals surface area contributed by atoms with Crippen LogP contribution in [-0.2, 0) is 29.4 Å². The summed E-state index contributed by atoms with van der Waals surface area (Å²) in [6.45, 7) is 0.468. The molecule has 0 saturated carbocycles. The Morgan fingerprint density at radius 3 is 1.97 bits per heavy atom. The fraction of sp³-hybridized carbons (Fsp3) is 0.194. The van der Waals surface area contributed by atoms with E-state index in [1.165, 1.54) is 7.11 Å². The number of ether oxygens (including phenoxy) is 5. The van der Waals surface area contributed by atoms with Crippen LogP contribution in [-0.4, -0.2) is 25.3 Å². The number of aliphatic hydroxyl groups excluding tert-OH is 1. The van der Waals surface area contributed by atoms with Crippen molar-refractivity contribution in [3.63, 3.8) is 0 Å². The summed E-state index contributed by atoms with van der Waals surface area (Å²) in [7, 11) is 1.54. The smallest absolute Gasteiger partial charge is 0.188 e. The van der Waals surface area contributed by atoms with Crippen molar-refractivity contribution in [2.24, 2.45) is 0 Å². The Kier molecular flexibility index (Phi) is 9.73. The first-order valence-corrected chi connectivity index (χ1v) is 12.1. The molecule has 0 fully saturated rings. The zero-order chi connectivity index (χ0) is 26.6. The van der Waals surface area contributed by atoms with E-state index in [4.69, 9.17) is 23.7 Å². The average molecular weight is 515 g/mol. The molecule has 1 unspecified atom stereocenters. The standard InChI is InChI=1S/C31H30O7/c1-34-22-37-27-14-15-28(30(17-27)36-21-24-10-6-3-7-11-24)31(19-33)38-29-16-26(13-12-25(29)18-32)35-20-23-8-4-2-5-9-23/h2-17,19,31-32H,18,20-22H2,1H3. The van der Waals surface area contributed by atoms with Gasteiger partial charge >= 0.3 is 0 Å². The molecule has 0 aliphatic rings. The van der Waals surface area contributed by atoms with Gasteiger partial charge in [-0.15, -0.1) is 0 Å². The van der Waals surface area contributed by atoms with Gasteiger partial charge in [-0.2, -0.15) is 0 Å². The maximum absolute atomic E-state index is 12.3. The second-order valence-electron chi connectivity index (χ2n) is 8.40. The third-order valence-electron chi connectivity index (χ3n) is 5.71. The Balaban J connectivity index is 1.57. The maximum atomic E-state index is 12.3. The topological polar surface area (TPSA) is 83.5 Å². The molecule has 0 aromatic heterocycles. The van der Waals surface area contributed by atoms with Crippen molar-refractivity contribution in [2.75, 3.05) is 13.9 Å². The van der Waals surface area contributed by atoms with Crippen molar-refractivity contribution in [3.8, 4) is 23.0 Å². The molecule has 0 amide bonds. The van der Waals surface area contributed by atoms with E-state index in [1.54, 1.807) is 36.4 Å². The first kappa shape index (κ1) is 26.7. The molecule has 0 heterocycles. The number of hydrogen-bond donors (Lipinski definition) is 1. The first-order valence-electron chi connectivity index (χ1n) is 12.1. The molecule has 4 rings (SSSR count). The summed E-state index contributed by atoms with van der Waals surface area (Å²) in [5.74, 6) is 1.84. The van der Waals surface area contributed by atoms with Gasteiger partial charge in [-0.25, -0.2) is 0 Å². The van der Waals surface area contributed by atoms with Gasteiger partial charge in [0.2, 0.25) is 0 Å². The van der Waals surface area contributed by atoms with E-state index in [0.717, 1.165) is 11.1 Å². The lowest BCUT2D eigenvalue weighted by Gasteiger charge is -2.21. The van der Waals surface area contributed by atoms with E-state index in [1.807, 2.05) is 60.7 Å². The summed E-state index contributed by atoms with van der Waals surface area (Å²) < 4.78 is 28.7. The van der Waals surface area contributed by atoms with Crippen LogP contribution < -0.4 is 18.9 Å². The molecule has 4 aromatic rings. The van der Waals surface area contributed by atoms with Crippen molar-refractivity contribution in [1.29, 1.82) is 0 Å². The zero-order valence-electron chi connectivity index (χ0n) is 21.1. The number of carbonyl (C=O) groups excluding carboxylic acids is 1. The van der Waals surface area contributed by atoms with Crippen molar-refractivity contribution >= 4 is 6.29 Å². The van der Waals surface area contributed by atoms with Crippen LogP contribution in [0.4, 0.5) is 0 Å². The predicted molar refractivity (Wildman–Crippen MR) is 142 cm³/mol. The van der Waals surface area contributed by atoms with Crippen molar-refractivity contribution in [1.82, 2.24) is 0 Å². The summed E-state index contributed by atoms with van der Waals surface area (Å²) in [4.78, 5) is 12.3. The van der Waals surface area contributed by atoms with E-state index in [2.05, 4.69) is 0 Å². The van der Waals surface area contributed by atoms with E-state index in [0.29, 0.717) is 47.0 Å². The Bertz CT molecular complexity index is 1290. The number of carbonyl (C=O) groups is 1. The van der Waals surface area contributed by atoms with Crippen molar-refractivity contribution in [2.45, 2.75) is 25.9 Å². The highest BCUT2D eigenvalue weighted by Gasteiger charge is 2.21. The SMILES string of the molecule is COCOc1ccc(C(C=O)Oc2cc(OCc3ccccc3)ccc2CO)c(OCc2ccccc2)c1. The van der Waals surface area contributed by atoms with Gasteiger partial charge in [0.05, 0.1) is 6.61 Å². The first-order chi connectivity index (χ1) is 18.7. The average Bonchev–Trinajstić information content (AvgIpc) is 2.98. The van der Waals surface area contributed by atoms with Crippen LogP contribution in [0.15, 0.2) is 97.1 Å². The molecule has 0 bridgehead atoms. The molecule has 0 spiro atoms. The molecular weight excluding hydrogens is 484 g/mol. The van der Waals surface area contributed by atoms with Gasteiger partial charge < -0.3 is 28.8 Å². The normalized spacial score (nSPS) is 11.4. The second-order valence-corrected chi connectivity index (χ2v) is 8.40. The van der Waals surface area contributed by atoms with Gasteiger partial charge in [-0.3, -0.25) is 4.79 Å². The van der Waals surface area contributed by atoms with Crippen LogP contribution in [0.2, 0.25) is 0 Å². The van der Waals surface area contributed by atoms with E-state index in [9.17, 15) is 9.90 Å². The lowest BCUT2D eigenvalue weighted by atomic mass is 10.1. The van der Waals surface area contributed by atoms with E-state index in [-0.39, 0.29) is 20.0 Å². The van der Waals surface area contributed by atoms with Crippen LogP contribution >= 0.6 is 0 Å². The Labute approximate surface area is 222 Å². The van der Waals surface area contributed by atoms with Crippen LogP contribution in [0.1, 0.15) is 28.4 Å². The summed E-state index contributed by atoms with van der Waals surface area (Å²) in [6, 6.07) is 29.7. The van der Waals surface area contributed by atoms with Gasteiger partial charge in [0, 0.05) is 30.4 Å². The second kappa shape index (κ2) is 13.8. The lowest BCUT2D eigenvalue weighted by Crippen LogP contribution is -2.13. The molecule has 0 saturated heterocycles. The molecule has 4 aromatic carbocycles. The van der Waals surface area contributed by atoms with E-state index >= 15 is 0 Å². The number of aliphatic hydroxyl groups is 1.